The number of benzene rings is 1. The average Bonchev–Trinajstić information content (AvgIpc) is 3.36. The van der Waals surface area contributed by atoms with Crippen LogP contribution in [0.15, 0.2) is 59.6 Å². The largest absolute Gasteiger partial charge is 0.369 e. The van der Waals surface area contributed by atoms with E-state index in [-0.39, 0.29) is 11.2 Å². The maximum Gasteiger partial charge on any atom is 0.248 e. The summed E-state index contributed by atoms with van der Waals surface area (Å²) in [5.41, 5.74) is 12.2. The molecule has 2 N–H and O–H groups in total. The number of pyridine rings is 1. The van der Waals surface area contributed by atoms with Gasteiger partial charge >= 0.3 is 0 Å². The van der Waals surface area contributed by atoms with Crippen LogP contribution < -0.4 is 10.6 Å². The second-order valence-electron chi connectivity index (χ2n) is 10.7. The van der Waals surface area contributed by atoms with Crippen molar-refractivity contribution in [1.29, 1.82) is 0 Å². The molecule has 0 radical (unpaired) electrons. The first-order chi connectivity index (χ1) is 17.3. The molecule has 7 heteroatoms. The molecule has 1 fully saturated rings. The maximum atomic E-state index is 13.3. The highest BCUT2D eigenvalue weighted by Crippen LogP contribution is 2.45. The van der Waals surface area contributed by atoms with Gasteiger partial charge in [0, 0.05) is 59.8 Å². The van der Waals surface area contributed by atoms with Crippen molar-refractivity contribution in [2.45, 2.75) is 33.1 Å². The van der Waals surface area contributed by atoms with Crippen LogP contribution in [0.3, 0.4) is 0 Å². The first kappa shape index (κ1) is 24.7. The van der Waals surface area contributed by atoms with E-state index < -0.39 is 5.91 Å². The Morgan fingerprint density at radius 3 is 2.53 bits per heavy atom. The van der Waals surface area contributed by atoms with E-state index in [1.807, 2.05) is 24.3 Å². The maximum absolute atomic E-state index is 13.3. The van der Waals surface area contributed by atoms with Crippen LogP contribution in [0.5, 0.6) is 0 Å². The van der Waals surface area contributed by atoms with Crippen LogP contribution in [0.1, 0.15) is 48.3 Å². The van der Waals surface area contributed by atoms with Crippen LogP contribution in [0.25, 0.3) is 16.8 Å². The molecule has 0 unspecified atom stereocenters. The van der Waals surface area contributed by atoms with Gasteiger partial charge in [0.05, 0.1) is 11.9 Å². The Bertz CT molecular complexity index is 1260. The fourth-order valence-corrected chi connectivity index (χ4v) is 6.21. The van der Waals surface area contributed by atoms with E-state index in [9.17, 15) is 9.18 Å². The minimum absolute atomic E-state index is 0.285. The lowest BCUT2D eigenvalue weighted by atomic mass is 9.73. The second kappa shape index (κ2) is 10.1. The molecule has 1 amide bonds. The third-order valence-electron chi connectivity index (χ3n) is 7.41. The van der Waals surface area contributed by atoms with Crippen LogP contribution >= 0.6 is 11.3 Å². The van der Waals surface area contributed by atoms with Crippen LogP contribution in [0.4, 0.5) is 10.1 Å². The zero-order valence-electron chi connectivity index (χ0n) is 21.0. The van der Waals surface area contributed by atoms with Gasteiger partial charge in [0.25, 0.3) is 0 Å². The van der Waals surface area contributed by atoms with Crippen molar-refractivity contribution in [2.24, 2.45) is 11.1 Å². The van der Waals surface area contributed by atoms with E-state index in [0.29, 0.717) is 5.56 Å². The molecule has 2 aliphatic rings. The molecule has 0 saturated carbocycles. The third kappa shape index (κ3) is 5.52. The smallest absolute Gasteiger partial charge is 0.248 e. The van der Waals surface area contributed by atoms with Gasteiger partial charge in [-0.05, 0) is 72.7 Å². The third-order valence-corrected chi connectivity index (χ3v) is 8.40. The van der Waals surface area contributed by atoms with Crippen molar-refractivity contribution < 1.29 is 9.18 Å². The summed E-state index contributed by atoms with van der Waals surface area (Å²) in [6, 6.07) is 13.1. The number of halogens is 1. The van der Waals surface area contributed by atoms with E-state index >= 15 is 0 Å². The van der Waals surface area contributed by atoms with Gasteiger partial charge in [0.15, 0.2) is 0 Å². The zero-order valence-corrected chi connectivity index (χ0v) is 21.8. The Labute approximate surface area is 216 Å². The normalized spacial score (nSPS) is 18.5. The lowest BCUT2D eigenvalue weighted by molar-refractivity contribution is 0.100. The van der Waals surface area contributed by atoms with Crippen LogP contribution in [-0.2, 0) is 0 Å². The van der Waals surface area contributed by atoms with E-state index in [1.165, 1.54) is 29.1 Å². The van der Waals surface area contributed by atoms with Crippen molar-refractivity contribution in [3.05, 3.63) is 75.9 Å². The Morgan fingerprint density at radius 2 is 1.86 bits per heavy atom. The summed E-state index contributed by atoms with van der Waals surface area (Å²) in [6.45, 7) is 9.67. The molecule has 188 valence electrons. The SMILES string of the molecule is CC1(C)CCC(CN2CCN(c3ccc(C(N)=O)cc3)CC2)=C(c2cc(-c3ccc(F)cn3)cs2)C1. The highest BCUT2D eigenvalue weighted by Gasteiger charge is 2.30. The molecular formula is C29H33FN4OS. The van der Waals surface area contributed by atoms with Gasteiger partial charge in [0.1, 0.15) is 5.82 Å². The number of carbonyl (C=O) groups is 1. The molecule has 1 aliphatic carbocycles. The number of anilines is 1. The standard InChI is InChI=1S/C29H33FN4OS/c1-29(2)10-9-21(25(16-29)27-15-22(19-36-27)26-8-5-23(30)17-32-26)18-33-11-13-34(14-12-33)24-6-3-20(4-7-24)28(31)35/h3-8,15,17,19H,9-14,16,18H2,1-2H3,(H2,31,35). The molecule has 5 rings (SSSR count). The number of nitrogens with two attached hydrogens (primary N) is 1. The highest BCUT2D eigenvalue weighted by molar-refractivity contribution is 7.11. The van der Waals surface area contributed by atoms with Crippen LogP contribution in [-0.4, -0.2) is 48.5 Å². The molecule has 3 aromatic rings. The Balaban J connectivity index is 1.30. The first-order valence-corrected chi connectivity index (χ1v) is 13.4. The minimum Gasteiger partial charge on any atom is -0.369 e. The van der Waals surface area contributed by atoms with Crippen molar-refractivity contribution in [3.63, 3.8) is 0 Å². The minimum atomic E-state index is -0.391. The summed E-state index contributed by atoms with van der Waals surface area (Å²) in [4.78, 5) is 21.9. The number of thiophene rings is 1. The summed E-state index contributed by atoms with van der Waals surface area (Å²) in [6.07, 6.45) is 4.69. The van der Waals surface area contributed by atoms with Gasteiger partial charge in [-0.1, -0.05) is 19.4 Å². The number of carbonyl (C=O) groups excluding carboxylic acids is 1. The predicted molar refractivity (Wildman–Crippen MR) is 146 cm³/mol. The lowest BCUT2D eigenvalue weighted by Crippen LogP contribution is -2.47. The fourth-order valence-electron chi connectivity index (χ4n) is 5.21. The van der Waals surface area contributed by atoms with E-state index in [0.717, 1.165) is 62.5 Å². The number of aromatic nitrogens is 1. The lowest BCUT2D eigenvalue weighted by Gasteiger charge is -2.39. The molecule has 1 saturated heterocycles. The molecule has 3 heterocycles. The number of rotatable bonds is 6. The number of nitrogens with zero attached hydrogens (tertiary/aromatic N) is 3. The quantitative estimate of drug-likeness (QED) is 0.459. The number of primary amides is 1. The molecule has 0 atom stereocenters. The fraction of sp³-hybridized carbons (Fsp3) is 0.379. The number of amides is 1. The molecule has 0 spiro atoms. The number of hydrogen-bond donors (Lipinski definition) is 1. The highest BCUT2D eigenvalue weighted by atomic mass is 32.1. The monoisotopic (exact) mass is 504 g/mol. The molecule has 5 nitrogen and oxygen atoms in total. The van der Waals surface area contributed by atoms with Crippen molar-refractivity contribution in [3.8, 4) is 11.3 Å². The summed E-state index contributed by atoms with van der Waals surface area (Å²) in [5, 5.41) is 2.14. The Kier molecular flexibility index (Phi) is 6.95. The summed E-state index contributed by atoms with van der Waals surface area (Å²) < 4.78 is 13.3. The molecule has 36 heavy (non-hydrogen) atoms. The summed E-state index contributed by atoms with van der Waals surface area (Å²) >= 11 is 1.77. The van der Waals surface area contributed by atoms with E-state index in [1.54, 1.807) is 23.0 Å². The van der Waals surface area contributed by atoms with Gasteiger partial charge < -0.3 is 10.6 Å². The number of piperazine rings is 1. The molecule has 1 aliphatic heterocycles. The number of hydrogen-bond acceptors (Lipinski definition) is 5. The van der Waals surface area contributed by atoms with Gasteiger partial charge in [-0.3, -0.25) is 14.7 Å². The Hall–Kier alpha value is -3.03. The molecule has 1 aromatic carbocycles. The average molecular weight is 505 g/mol. The van der Waals surface area contributed by atoms with E-state index in [2.05, 4.69) is 40.1 Å². The summed E-state index contributed by atoms with van der Waals surface area (Å²) in [5.74, 6) is -0.700. The molecular weight excluding hydrogens is 471 g/mol. The topological polar surface area (TPSA) is 62.5 Å². The van der Waals surface area contributed by atoms with Crippen molar-refractivity contribution in [1.82, 2.24) is 9.88 Å². The van der Waals surface area contributed by atoms with Gasteiger partial charge in [-0.25, -0.2) is 4.39 Å². The van der Waals surface area contributed by atoms with Crippen molar-refractivity contribution >= 4 is 28.5 Å². The second-order valence-corrected chi connectivity index (χ2v) is 11.6. The van der Waals surface area contributed by atoms with E-state index in [4.69, 9.17) is 5.73 Å². The van der Waals surface area contributed by atoms with Crippen LogP contribution in [0.2, 0.25) is 0 Å². The van der Waals surface area contributed by atoms with Crippen LogP contribution in [0, 0.1) is 11.2 Å². The van der Waals surface area contributed by atoms with Gasteiger partial charge in [-0.2, -0.15) is 0 Å². The predicted octanol–water partition coefficient (Wildman–Crippen LogP) is 5.83. The first-order valence-electron chi connectivity index (χ1n) is 12.6. The van der Waals surface area contributed by atoms with Gasteiger partial charge in [-0.15, -0.1) is 11.3 Å². The number of allylic oxidation sites excluding steroid dienone is 1. The van der Waals surface area contributed by atoms with Crippen molar-refractivity contribution in [2.75, 3.05) is 37.6 Å². The van der Waals surface area contributed by atoms with Gasteiger partial charge in [0.2, 0.25) is 5.91 Å². The molecule has 2 aromatic heterocycles. The molecule has 0 bridgehead atoms. The Morgan fingerprint density at radius 1 is 1.11 bits per heavy atom. The zero-order chi connectivity index (χ0) is 25.3. The summed E-state index contributed by atoms with van der Waals surface area (Å²) in [7, 11) is 0.